The highest BCUT2D eigenvalue weighted by molar-refractivity contribution is 5.91. The number of aryl methyl sites for hydroxylation is 2. The van der Waals surface area contributed by atoms with Crippen molar-refractivity contribution in [3.05, 3.63) is 93.1 Å². The Morgan fingerprint density at radius 3 is 2.50 bits per heavy atom. The molecule has 5 rings (SSSR count). The molecule has 0 unspecified atom stereocenters. The second-order valence-corrected chi connectivity index (χ2v) is 7.57. The molecule has 32 heavy (non-hydrogen) atoms. The Bertz CT molecular complexity index is 1550. The Balaban J connectivity index is 1.73. The first-order valence-corrected chi connectivity index (χ1v) is 10.3. The van der Waals surface area contributed by atoms with Crippen LogP contribution in [0.4, 0.5) is 0 Å². The van der Waals surface area contributed by atoms with E-state index in [0.29, 0.717) is 35.6 Å². The molecule has 0 aliphatic carbocycles. The van der Waals surface area contributed by atoms with Gasteiger partial charge in [0, 0.05) is 19.0 Å². The van der Waals surface area contributed by atoms with Gasteiger partial charge < -0.3 is 13.7 Å². The van der Waals surface area contributed by atoms with Gasteiger partial charge in [0.15, 0.2) is 17.2 Å². The molecular formula is C25H21N3O4. The predicted molar refractivity (Wildman–Crippen MR) is 123 cm³/mol. The summed E-state index contributed by atoms with van der Waals surface area (Å²) in [5.41, 5.74) is 1.41. The Kier molecular flexibility index (Phi) is 4.86. The zero-order chi connectivity index (χ0) is 22.2. The van der Waals surface area contributed by atoms with E-state index in [-0.39, 0.29) is 16.4 Å². The van der Waals surface area contributed by atoms with E-state index in [9.17, 15) is 9.59 Å². The fourth-order valence-electron chi connectivity index (χ4n) is 4.03. The van der Waals surface area contributed by atoms with Gasteiger partial charge in [0.25, 0.3) is 5.56 Å². The van der Waals surface area contributed by atoms with Gasteiger partial charge in [0.05, 0.1) is 18.9 Å². The third kappa shape index (κ3) is 3.19. The van der Waals surface area contributed by atoms with Crippen molar-refractivity contribution in [2.24, 2.45) is 7.05 Å². The molecule has 3 heterocycles. The molecule has 0 N–H and O–H groups in total. The van der Waals surface area contributed by atoms with Gasteiger partial charge >= 0.3 is 0 Å². The number of rotatable bonds is 5. The maximum atomic E-state index is 13.6. The number of benzene rings is 2. The molecule has 0 bridgehead atoms. The van der Waals surface area contributed by atoms with Crippen LogP contribution in [0.5, 0.6) is 5.75 Å². The molecule has 0 aliphatic rings. The highest BCUT2D eigenvalue weighted by Crippen LogP contribution is 2.21. The number of fused-ring (bicyclic) bond motifs is 2. The summed E-state index contributed by atoms with van der Waals surface area (Å²) in [6, 6.07) is 18.4. The molecule has 7 heteroatoms. The van der Waals surface area contributed by atoms with Gasteiger partial charge in [-0.1, -0.05) is 24.3 Å². The molecular weight excluding hydrogens is 406 g/mol. The summed E-state index contributed by atoms with van der Waals surface area (Å²) in [5, 5.41) is 0.574. The fourth-order valence-corrected chi connectivity index (χ4v) is 4.03. The Labute approximate surface area is 183 Å². The lowest BCUT2D eigenvalue weighted by Gasteiger charge is -2.15. The van der Waals surface area contributed by atoms with Crippen LogP contribution in [0, 0.1) is 0 Å². The summed E-state index contributed by atoms with van der Waals surface area (Å²) in [6.45, 7) is 0.347. The summed E-state index contributed by atoms with van der Waals surface area (Å²) < 4.78 is 14.1. The second-order valence-electron chi connectivity index (χ2n) is 7.57. The molecule has 0 radical (unpaired) electrons. The minimum atomic E-state index is -0.374. The molecule has 5 aromatic rings. The number of hydrogen-bond donors (Lipinski definition) is 0. The van der Waals surface area contributed by atoms with Crippen molar-refractivity contribution in [1.29, 1.82) is 0 Å². The normalized spacial score (nSPS) is 11.3. The van der Waals surface area contributed by atoms with E-state index in [0.717, 1.165) is 16.8 Å². The van der Waals surface area contributed by atoms with Crippen molar-refractivity contribution in [1.82, 2.24) is 14.1 Å². The third-order valence-corrected chi connectivity index (χ3v) is 5.73. The molecule has 0 aliphatic heterocycles. The van der Waals surface area contributed by atoms with Gasteiger partial charge in [-0.15, -0.1) is 0 Å². The SMILES string of the molecule is COc1ccc(CCn2c(-c3ccco3)nc3c(c(=O)c4ccccc4n3C)c2=O)cc1. The molecule has 160 valence electrons. The van der Waals surface area contributed by atoms with Crippen LogP contribution in [0.15, 0.2) is 80.9 Å². The standard InChI is InChI=1S/C25H21N3O4/c1-27-19-7-4-3-6-18(19)22(29)21-24(27)26-23(20-8-5-15-32-20)28(25(21)30)14-13-16-9-11-17(31-2)12-10-16/h3-12,15H,13-14H2,1-2H3. The smallest absolute Gasteiger partial charge is 0.267 e. The summed E-state index contributed by atoms with van der Waals surface area (Å²) in [6.07, 6.45) is 2.12. The van der Waals surface area contributed by atoms with Gasteiger partial charge in [0.2, 0.25) is 5.43 Å². The van der Waals surface area contributed by atoms with Crippen LogP contribution in [0.2, 0.25) is 0 Å². The van der Waals surface area contributed by atoms with Gasteiger partial charge in [-0.25, -0.2) is 4.98 Å². The van der Waals surface area contributed by atoms with Crippen molar-refractivity contribution < 1.29 is 9.15 Å². The number of para-hydroxylation sites is 1. The van der Waals surface area contributed by atoms with E-state index in [2.05, 4.69) is 0 Å². The van der Waals surface area contributed by atoms with Crippen LogP contribution in [0.3, 0.4) is 0 Å². The van der Waals surface area contributed by atoms with Crippen molar-refractivity contribution in [3.8, 4) is 17.3 Å². The van der Waals surface area contributed by atoms with Crippen LogP contribution >= 0.6 is 0 Å². The number of pyridine rings is 1. The zero-order valence-electron chi connectivity index (χ0n) is 17.7. The van der Waals surface area contributed by atoms with E-state index in [1.165, 1.54) is 4.57 Å². The monoisotopic (exact) mass is 427 g/mol. The Morgan fingerprint density at radius 1 is 1.00 bits per heavy atom. The van der Waals surface area contributed by atoms with E-state index in [1.807, 2.05) is 43.4 Å². The second kappa shape index (κ2) is 7.85. The first kappa shape index (κ1) is 19.8. The molecule has 2 aromatic carbocycles. The number of methoxy groups -OCH3 is 1. The lowest BCUT2D eigenvalue weighted by Crippen LogP contribution is -2.29. The molecule has 0 amide bonds. The van der Waals surface area contributed by atoms with Crippen molar-refractivity contribution in [3.63, 3.8) is 0 Å². The summed E-state index contributed by atoms with van der Waals surface area (Å²) >= 11 is 0. The van der Waals surface area contributed by atoms with E-state index in [1.54, 1.807) is 42.2 Å². The third-order valence-electron chi connectivity index (χ3n) is 5.73. The molecule has 0 saturated carbocycles. The highest BCUT2D eigenvalue weighted by Gasteiger charge is 2.20. The van der Waals surface area contributed by atoms with Gasteiger partial charge in [-0.2, -0.15) is 0 Å². The first-order chi connectivity index (χ1) is 15.6. The summed E-state index contributed by atoms with van der Waals surface area (Å²) in [5.74, 6) is 1.63. The number of aromatic nitrogens is 3. The lowest BCUT2D eigenvalue weighted by molar-refractivity contribution is 0.414. The molecule has 0 atom stereocenters. The number of hydrogen-bond acceptors (Lipinski definition) is 5. The highest BCUT2D eigenvalue weighted by atomic mass is 16.5. The molecule has 7 nitrogen and oxygen atoms in total. The predicted octanol–water partition coefficient (Wildman–Crippen LogP) is 3.76. The largest absolute Gasteiger partial charge is 0.497 e. The van der Waals surface area contributed by atoms with E-state index < -0.39 is 0 Å². The minimum absolute atomic E-state index is 0.0798. The quantitative estimate of drug-likeness (QED) is 0.399. The summed E-state index contributed by atoms with van der Waals surface area (Å²) in [4.78, 5) is 31.6. The van der Waals surface area contributed by atoms with Crippen LogP contribution < -0.4 is 15.7 Å². The molecule has 0 saturated heterocycles. The Hall–Kier alpha value is -4.13. The average molecular weight is 427 g/mol. The van der Waals surface area contributed by atoms with E-state index in [4.69, 9.17) is 14.1 Å². The van der Waals surface area contributed by atoms with Gasteiger partial charge in [-0.05, 0) is 48.4 Å². The maximum Gasteiger partial charge on any atom is 0.267 e. The average Bonchev–Trinajstić information content (AvgIpc) is 3.36. The maximum absolute atomic E-state index is 13.6. The van der Waals surface area contributed by atoms with Gasteiger partial charge in [-0.3, -0.25) is 14.2 Å². The Morgan fingerprint density at radius 2 is 1.78 bits per heavy atom. The van der Waals surface area contributed by atoms with Crippen LogP contribution in [0.1, 0.15) is 5.56 Å². The first-order valence-electron chi connectivity index (χ1n) is 10.3. The number of furan rings is 1. The van der Waals surface area contributed by atoms with Crippen LogP contribution in [-0.4, -0.2) is 21.2 Å². The number of nitrogens with zero attached hydrogens (tertiary/aromatic N) is 3. The van der Waals surface area contributed by atoms with Crippen LogP contribution in [-0.2, 0) is 20.0 Å². The summed E-state index contributed by atoms with van der Waals surface area (Å²) in [7, 11) is 3.43. The topological polar surface area (TPSA) is 79.3 Å². The minimum Gasteiger partial charge on any atom is -0.497 e. The molecule has 0 fully saturated rings. The lowest BCUT2D eigenvalue weighted by atomic mass is 10.1. The van der Waals surface area contributed by atoms with Crippen molar-refractivity contribution in [2.75, 3.05) is 7.11 Å². The zero-order valence-corrected chi connectivity index (χ0v) is 17.7. The van der Waals surface area contributed by atoms with Gasteiger partial charge in [0.1, 0.15) is 11.1 Å². The van der Waals surface area contributed by atoms with E-state index >= 15 is 0 Å². The van der Waals surface area contributed by atoms with Crippen molar-refractivity contribution in [2.45, 2.75) is 13.0 Å². The molecule has 0 spiro atoms. The van der Waals surface area contributed by atoms with Crippen molar-refractivity contribution >= 4 is 21.9 Å². The number of ether oxygens (including phenoxy) is 1. The molecule has 3 aromatic heterocycles. The van der Waals surface area contributed by atoms with Crippen LogP contribution in [0.25, 0.3) is 33.5 Å². The fraction of sp³-hybridized carbons (Fsp3) is 0.160.